The SMILES string of the molecule is CON=[N+](C)C. The fourth-order valence-electron chi connectivity index (χ4n) is 0.163. The summed E-state index contributed by atoms with van der Waals surface area (Å²) in [6.07, 6.45) is 0. The molecule has 0 rings (SSSR count). The maximum Gasteiger partial charge on any atom is 0.185 e. The van der Waals surface area contributed by atoms with Crippen molar-refractivity contribution in [2.24, 2.45) is 5.28 Å². The van der Waals surface area contributed by atoms with Crippen LogP contribution in [0.4, 0.5) is 0 Å². The van der Waals surface area contributed by atoms with Crippen LogP contribution in [0.5, 0.6) is 0 Å². The van der Waals surface area contributed by atoms with Crippen molar-refractivity contribution in [1.82, 2.24) is 0 Å². The van der Waals surface area contributed by atoms with Crippen molar-refractivity contribution in [2.45, 2.75) is 0 Å². The molecule has 0 N–H and O–H groups in total. The van der Waals surface area contributed by atoms with E-state index in [0.29, 0.717) is 0 Å². The highest BCUT2D eigenvalue weighted by Crippen LogP contribution is 1.63. The summed E-state index contributed by atoms with van der Waals surface area (Å²) in [7, 11) is 5.10. The van der Waals surface area contributed by atoms with Crippen molar-refractivity contribution < 1.29 is 9.53 Å². The van der Waals surface area contributed by atoms with E-state index in [2.05, 4.69) is 10.1 Å². The fraction of sp³-hybridized carbons (Fsp3) is 1.00. The van der Waals surface area contributed by atoms with Gasteiger partial charge in [0, 0.05) is 0 Å². The Morgan fingerprint density at radius 3 is 2.00 bits per heavy atom. The summed E-state index contributed by atoms with van der Waals surface area (Å²) in [6.45, 7) is 0. The zero-order valence-electron chi connectivity index (χ0n) is 4.30. The number of nitrogens with zero attached hydrogens (tertiary/aromatic N) is 2. The molecule has 0 atom stereocenters. The Labute approximate surface area is 37.2 Å². The molecular formula is C3H9N2O+. The third-order valence-corrected chi connectivity index (χ3v) is 0.245. The molecule has 0 amide bonds. The Balaban J connectivity index is 3.14. The van der Waals surface area contributed by atoms with Crippen LogP contribution in [0.3, 0.4) is 0 Å². The molecule has 0 radical (unpaired) electrons. The van der Waals surface area contributed by atoms with Gasteiger partial charge in [-0.3, -0.25) is 0 Å². The highest BCUT2D eigenvalue weighted by Gasteiger charge is 1.74. The monoisotopic (exact) mass is 89.1 g/mol. The van der Waals surface area contributed by atoms with E-state index in [9.17, 15) is 0 Å². The first-order valence-corrected chi connectivity index (χ1v) is 1.69. The van der Waals surface area contributed by atoms with Gasteiger partial charge in [0.15, 0.2) is 19.4 Å². The topological polar surface area (TPSA) is 24.6 Å². The largest absolute Gasteiger partial charge is 0.351 e. The van der Waals surface area contributed by atoms with E-state index in [0.717, 1.165) is 0 Å². The lowest BCUT2D eigenvalue weighted by Gasteiger charge is -1.76. The van der Waals surface area contributed by atoms with Gasteiger partial charge < -0.3 is 4.84 Å². The standard InChI is InChI=1S/C3H9N2O/c1-5(2)4-6-3/h1-3H3/q+1. The highest BCUT2D eigenvalue weighted by atomic mass is 16.6. The molecule has 0 heterocycles. The molecule has 3 nitrogen and oxygen atoms in total. The average molecular weight is 89.1 g/mol. The second-order valence-corrected chi connectivity index (χ2v) is 1.11. The van der Waals surface area contributed by atoms with Crippen LogP contribution >= 0.6 is 0 Å². The highest BCUT2D eigenvalue weighted by molar-refractivity contribution is 3.63. The lowest BCUT2D eigenvalue weighted by atomic mass is 11.2. The van der Waals surface area contributed by atoms with Crippen LogP contribution in [0.1, 0.15) is 0 Å². The van der Waals surface area contributed by atoms with Crippen LogP contribution in [-0.4, -0.2) is 25.9 Å². The quantitative estimate of drug-likeness (QED) is 0.257. The Kier molecular flexibility index (Phi) is 2.36. The predicted octanol–water partition coefficient (Wildman–Crippen LogP) is 0.272. The van der Waals surface area contributed by atoms with Gasteiger partial charge in [-0.1, -0.05) is 4.70 Å². The van der Waals surface area contributed by atoms with Crippen LogP contribution in [0.25, 0.3) is 0 Å². The molecular weight excluding hydrogens is 80.0 g/mol. The third-order valence-electron chi connectivity index (χ3n) is 0.245. The predicted molar refractivity (Wildman–Crippen MR) is 21.5 cm³/mol. The van der Waals surface area contributed by atoms with E-state index in [4.69, 9.17) is 0 Å². The first-order valence-electron chi connectivity index (χ1n) is 1.69. The van der Waals surface area contributed by atoms with Gasteiger partial charge in [-0.25, -0.2) is 0 Å². The molecule has 0 fully saturated rings. The zero-order valence-corrected chi connectivity index (χ0v) is 4.30. The zero-order chi connectivity index (χ0) is 4.99. The molecule has 0 aromatic heterocycles. The molecule has 0 unspecified atom stereocenters. The van der Waals surface area contributed by atoms with Gasteiger partial charge in [0.25, 0.3) is 0 Å². The summed E-state index contributed by atoms with van der Waals surface area (Å²) in [5, 5.41) is 3.46. The van der Waals surface area contributed by atoms with Crippen LogP contribution in [0.15, 0.2) is 5.28 Å². The van der Waals surface area contributed by atoms with Gasteiger partial charge in [0.05, 0.1) is 0 Å². The van der Waals surface area contributed by atoms with Gasteiger partial charge >= 0.3 is 0 Å². The van der Waals surface area contributed by atoms with Crippen LogP contribution < -0.4 is 0 Å². The van der Waals surface area contributed by atoms with Crippen molar-refractivity contribution in [3.63, 3.8) is 0 Å². The fourth-order valence-corrected chi connectivity index (χ4v) is 0.163. The molecule has 3 heteroatoms. The van der Waals surface area contributed by atoms with E-state index >= 15 is 0 Å². The summed E-state index contributed by atoms with van der Waals surface area (Å²) in [6, 6.07) is 0. The van der Waals surface area contributed by atoms with Gasteiger partial charge in [-0.15, -0.1) is 0 Å². The van der Waals surface area contributed by atoms with Crippen molar-refractivity contribution in [1.29, 1.82) is 0 Å². The van der Waals surface area contributed by atoms with Crippen LogP contribution in [-0.2, 0) is 4.84 Å². The maximum atomic E-state index is 4.35. The number of hydrogen-bond donors (Lipinski definition) is 0. The maximum absolute atomic E-state index is 4.35. The molecule has 0 spiro atoms. The number of rotatable bonds is 1. The first kappa shape index (κ1) is 5.40. The Hall–Kier alpha value is -0.600. The molecule has 0 saturated heterocycles. The molecule has 0 saturated carbocycles. The minimum Gasteiger partial charge on any atom is -0.351 e. The van der Waals surface area contributed by atoms with Crippen LogP contribution in [0.2, 0.25) is 0 Å². The van der Waals surface area contributed by atoms with Gasteiger partial charge in [-0.05, 0) is 0 Å². The Morgan fingerprint density at radius 1 is 1.50 bits per heavy atom. The summed E-state index contributed by atoms with van der Waals surface area (Å²) >= 11 is 0. The molecule has 0 aliphatic rings. The number of hydrogen-bond acceptors (Lipinski definition) is 2. The summed E-state index contributed by atoms with van der Waals surface area (Å²) in [5.74, 6) is 0. The lowest BCUT2D eigenvalue weighted by Crippen LogP contribution is -1.90. The minimum atomic E-state index is 1.51. The van der Waals surface area contributed by atoms with Gasteiger partial charge in [0.1, 0.15) is 7.11 Å². The normalized spacial score (nSPS) is 7.17. The third kappa shape index (κ3) is 3.40. The van der Waals surface area contributed by atoms with Gasteiger partial charge in [-0.2, -0.15) is 0 Å². The van der Waals surface area contributed by atoms with Crippen molar-refractivity contribution in [2.75, 3.05) is 21.2 Å². The summed E-state index contributed by atoms with van der Waals surface area (Å²) in [4.78, 5) is 4.35. The van der Waals surface area contributed by atoms with Crippen molar-refractivity contribution >= 4 is 0 Å². The average Bonchev–Trinajstić information content (AvgIpc) is 1.35. The Bertz CT molecular complexity index is 55.8. The molecule has 0 aliphatic heterocycles. The van der Waals surface area contributed by atoms with E-state index in [1.54, 1.807) is 18.8 Å². The smallest absolute Gasteiger partial charge is 0.185 e. The molecule has 36 valence electrons. The lowest BCUT2D eigenvalue weighted by molar-refractivity contribution is -0.564. The van der Waals surface area contributed by atoms with E-state index in [1.165, 1.54) is 7.11 Å². The van der Waals surface area contributed by atoms with Crippen molar-refractivity contribution in [3.05, 3.63) is 0 Å². The molecule has 0 aromatic carbocycles. The first-order chi connectivity index (χ1) is 2.77. The van der Waals surface area contributed by atoms with Crippen LogP contribution in [0, 0.1) is 0 Å². The van der Waals surface area contributed by atoms with Gasteiger partial charge in [0.2, 0.25) is 0 Å². The minimum absolute atomic E-state index is 1.51. The van der Waals surface area contributed by atoms with E-state index in [1.807, 2.05) is 0 Å². The molecule has 6 heavy (non-hydrogen) atoms. The molecule has 0 aromatic rings. The Morgan fingerprint density at radius 2 is 2.00 bits per heavy atom. The van der Waals surface area contributed by atoms with E-state index < -0.39 is 0 Å². The second-order valence-electron chi connectivity index (χ2n) is 1.11. The summed E-state index contributed by atoms with van der Waals surface area (Å²) in [5.41, 5.74) is 0. The molecule has 0 aliphatic carbocycles. The second kappa shape index (κ2) is 2.63. The van der Waals surface area contributed by atoms with E-state index in [-0.39, 0.29) is 0 Å². The van der Waals surface area contributed by atoms with Crippen molar-refractivity contribution in [3.8, 4) is 0 Å². The molecule has 0 bridgehead atoms. The summed E-state index contributed by atoms with van der Waals surface area (Å²) < 4.78 is 1.58.